The SMILES string of the molecule is CCCNC(Cc1ncnc2ccccc12)C(C)C. The minimum atomic E-state index is 0.471. The summed E-state index contributed by atoms with van der Waals surface area (Å²) in [6.07, 6.45) is 3.79. The van der Waals surface area contributed by atoms with Crippen LogP contribution in [0, 0.1) is 5.92 Å². The van der Waals surface area contributed by atoms with E-state index in [2.05, 4.69) is 48.2 Å². The predicted octanol–water partition coefficient (Wildman–Crippen LogP) is 3.20. The molecule has 0 radical (unpaired) electrons. The molecule has 102 valence electrons. The van der Waals surface area contributed by atoms with Gasteiger partial charge in [0.1, 0.15) is 6.33 Å². The van der Waals surface area contributed by atoms with E-state index < -0.39 is 0 Å². The largest absolute Gasteiger partial charge is 0.313 e. The van der Waals surface area contributed by atoms with Gasteiger partial charge in [-0.05, 0) is 24.9 Å². The number of fused-ring (bicyclic) bond motifs is 1. The molecule has 0 bridgehead atoms. The highest BCUT2D eigenvalue weighted by Crippen LogP contribution is 2.17. The molecule has 3 nitrogen and oxygen atoms in total. The monoisotopic (exact) mass is 257 g/mol. The number of nitrogens with zero attached hydrogens (tertiary/aromatic N) is 2. The molecule has 2 rings (SSSR count). The van der Waals surface area contributed by atoms with E-state index in [4.69, 9.17) is 0 Å². The second-order valence-electron chi connectivity index (χ2n) is 5.35. The van der Waals surface area contributed by atoms with Crippen molar-refractivity contribution in [2.24, 2.45) is 5.92 Å². The van der Waals surface area contributed by atoms with Gasteiger partial charge in [0.05, 0.1) is 11.2 Å². The Morgan fingerprint density at radius 2 is 1.95 bits per heavy atom. The Balaban J connectivity index is 2.23. The summed E-state index contributed by atoms with van der Waals surface area (Å²) in [7, 11) is 0. The zero-order valence-electron chi connectivity index (χ0n) is 12.1. The molecule has 1 unspecified atom stereocenters. The maximum atomic E-state index is 4.49. The fourth-order valence-corrected chi connectivity index (χ4v) is 2.30. The number of para-hydroxylation sites is 1. The van der Waals surface area contributed by atoms with Crippen molar-refractivity contribution in [1.82, 2.24) is 15.3 Å². The maximum absolute atomic E-state index is 4.49. The fraction of sp³-hybridized carbons (Fsp3) is 0.500. The molecule has 2 aromatic rings. The lowest BCUT2D eigenvalue weighted by Gasteiger charge is -2.22. The summed E-state index contributed by atoms with van der Waals surface area (Å²) in [4.78, 5) is 8.81. The second kappa shape index (κ2) is 6.62. The lowest BCUT2D eigenvalue weighted by atomic mass is 9.97. The number of benzene rings is 1. The van der Waals surface area contributed by atoms with E-state index in [1.165, 1.54) is 5.39 Å². The first-order chi connectivity index (χ1) is 9.22. The van der Waals surface area contributed by atoms with E-state index in [-0.39, 0.29) is 0 Å². The van der Waals surface area contributed by atoms with E-state index >= 15 is 0 Å². The average molecular weight is 257 g/mol. The van der Waals surface area contributed by atoms with Crippen LogP contribution < -0.4 is 5.32 Å². The first-order valence-electron chi connectivity index (χ1n) is 7.14. The summed E-state index contributed by atoms with van der Waals surface area (Å²) >= 11 is 0. The molecule has 1 N–H and O–H groups in total. The number of rotatable bonds is 6. The van der Waals surface area contributed by atoms with Crippen molar-refractivity contribution in [3.05, 3.63) is 36.3 Å². The van der Waals surface area contributed by atoms with E-state index in [1.807, 2.05) is 12.1 Å². The summed E-state index contributed by atoms with van der Waals surface area (Å²) in [5.74, 6) is 0.597. The first kappa shape index (κ1) is 13.9. The number of aromatic nitrogens is 2. The van der Waals surface area contributed by atoms with Crippen LogP contribution in [0.4, 0.5) is 0 Å². The van der Waals surface area contributed by atoms with Gasteiger partial charge in [0.25, 0.3) is 0 Å². The third kappa shape index (κ3) is 3.51. The molecular formula is C16H23N3. The molecule has 0 amide bonds. The van der Waals surface area contributed by atoms with Crippen LogP contribution in [0.1, 0.15) is 32.9 Å². The number of hydrogen-bond donors (Lipinski definition) is 1. The molecule has 1 aromatic carbocycles. The summed E-state index contributed by atoms with van der Waals surface area (Å²) in [5, 5.41) is 4.80. The standard InChI is InChI=1S/C16H23N3/c1-4-9-17-15(12(2)3)10-16-13-7-5-6-8-14(13)18-11-19-16/h5-8,11-12,15,17H,4,9-10H2,1-3H3. The Morgan fingerprint density at radius 3 is 2.68 bits per heavy atom. The van der Waals surface area contributed by atoms with Gasteiger partial charge in [0.15, 0.2) is 0 Å². The van der Waals surface area contributed by atoms with Crippen molar-refractivity contribution < 1.29 is 0 Å². The third-order valence-electron chi connectivity index (χ3n) is 3.50. The minimum Gasteiger partial charge on any atom is -0.313 e. The van der Waals surface area contributed by atoms with Crippen molar-refractivity contribution in [3.8, 4) is 0 Å². The highest BCUT2D eigenvalue weighted by molar-refractivity contribution is 5.80. The van der Waals surface area contributed by atoms with Gasteiger partial charge in [0.2, 0.25) is 0 Å². The van der Waals surface area contributed by atoms with Crippen LogP contribution in [0.25, 0.3) is 10.9 Å². The molecule has 0 spiro atoms. The number of nitrogens with one attached hydrogen (secondary N) is 1. The Morgan fingerprint density at radius 1 is 1.16 bits per heavy atom. The molecule has 3 heteroatoms. The Kier molecular flexibility index (Phi) is 4.86. The van der Waals surface area contributed by atoms with Crippen molar-refractivity contribution >= 4 is 10.9 Å². The third-order valence-corrected chi connectivity index (χ3v) is 3.50. The van der Waals surface area contributed by atoms with Gasteiger partial charge in [0, 0.05) is 17.8 Å². The Labute approximate surface area is 115 Å². The van der Waals surface area contributed by atoms with Crippen molar-refractivity contribution in [1.29, 1.82) is 0 Å². The van der Waals surface area contributed by atoms with Crippen LogP contribution >= 0.6 is 0 Å². The molecule has 0 aliphatic rings. The quantitative estimate of drug-likeness (QED) is 0.863. The first-order valence-corrected chi connectivity index (χ1v) is 7.14. The second-order valence-corrected chi connectivity index (χ2v) is 5.35. The molecule has 1 heterocycles. The lowest BCUT2D eigenvalue weighted by molar-refractivity contribution is 0.395. The maximum Gasteiger partial charge on any atom is 0.116 e. The molecule has 0 aliphatic carbocycles. The van der Waals surface area contributed by atoms with Crippen LogP contribution in [0.2, 0.25) is 0 Å². The van der Waals surface area contributed by atoms with E-state index in [0.717, 1.165) is 30.6 Å². The summed E-state index contributed by atoms with van der Waals surface area (Å²) in [6, 6.07) is 8.71. The highest BCUT2D eigenvalue weighted by Gasteiger charge is 2.15. The van der Waals surface area contributed by atoms with E-state index in [0.29, 0.717) is 12.0 Å². The average Bonchev–Trinajstić information content (AvgIpc) is 2.43. The smallest absolute Gasteiger partial charge is 0.116 e. The lowest BCUT2D eigenvalue weighted by Crippen LogP contribution is -2.36. The van der Waals surface area contributed by atoms with E-state index in [9.17, 15) is 0 Å². The minimum absolute atomic E-state index is 0.471. The van der Waals surface area contributed by atoms with Gasteiger partial charge in [-0.1, -0.05) is 39.0 Å². The highest BCUT2D eigenvalue weighted by atomic mass is 14.9. The van der Waals surface area contributed by atoms with Crippen molar-refractivity contribution in [3.63, 3.8) is 0 Å². The molecule has 1 atom stereocenters. The van der Waals surface area contributed by atoms with E-state index in [1.54, 1.807) is 6.33 Å². The van der Waals surface area contributed by atoms with Crippen LogP contribution in [0.15, 0.2) is 30.6 Å². The van der Waals surface area contributed by atoms with Gasteiger partial charge >= 0.3 is 0 Å². The van der Waals surface area contributed by atoms with Crippen LogP contribution in [0.5, 0.6) is 0 Å². The molecule has 19 heavy (non-hydrogen) atoms. The fourth-order valence-electron chi connectivity index (χ4n) is 2.30. The van der Waals surface area contributed by atoms with Gasteiger partial charge in [-0.15, -0.1) is 0 Å². The van der Waals surface area contributed by atoms with Crippen LogP contribution in [-0.4, -0.2) is 22.6 Å². The van der Waals surface area contributed by atoms with Crippen LogP contribution in [-0.2, 0) is 6.42 Å². The molecule has 1 aromatic heterocycles. The van der Waals surface area contributed by atoms with Gasteiger partial charge in [-0.3, -0.25) is 0 Å². The number of hydrogen-bond acceptors (Lipinski definition) is 3. The van der Waals surface area contributed by atoms with Gasteiger partial charge in [-0.2, -0.15) is 0 Å². The van der Waals surface area contributed by atoms with Crippen LogP contribution in [0.3, 0.4) is 0 Å². The summed E-state index contributed by atoms with van der Waals surface area (Å²) in [5.41, 5.74) is 2.18. The molecule has 0 fully saturated rings. The normalized spacial score (nSPS) is 13.1. The zero-order chi connectivity index (χ0) is 13.7. The Bertz CT molecular complexity index is 517. The van der Waals surface area contributed by atoms with Crippen molar-refractivity contribution in [2.45, 2.75) is 39.7 Å². The zero-order valence-corrected chi connectivity index (χ0v) is 12.1. The van der Waals surface area contributed by atoms with Gasteiger partial charge in [-0.25, -0.2) is 9.97 Å². The molecular weight excluding hydrogens is 234 g/mol. The molecule has 0 saturated heterocycles. The summed E-state index contributed by atoms with van der Waals surface area (Å²) in [6.45, 7) is 7.78. The van der Waals surface area contributed by atoms with Crippen molar-refractivity contribution in [2.75, 3.05) is 6.54 Å². The summed E-state index contributed by atoms with van der Waals surface area (Å²) < 4.78 is 0. The predicted molar refractivity (Wildman–Crippen MR) is 80.2 cm³/mol. The molecule has 0 saturated carbocycles. The van der Waals surface area contributed by atoms with Gasteiger partial charge < -0.3 is 5.32 Å². The molecule has 0 aliphatic heterocycles. The topological polar surface area (TPSA) is 37.8 Å². The Hall–Kier alpha value is -1.48.